The maximum Gasteiger partial charge on any atom is 0.319 e. The molecule has 0 radical (unpaired) electrons. The summed E-state index contributed by atoms with van der Waals surface area (Å²) in [5.74, 6) is 1.40. The fourth-order valence-corrected chi connectivity index (χ4v) is 4.51. The number of hydrogen-bond donors (Lipinski definition) is 0. The van der Waals surface area contributed by atoms with Gasteiger partial charge >= 0.3 is 5.69 Å². The molecule has 5 nitrogen and oxygen atoms in total. The van der Waals surface area contributed by atoms with Gasteiger partial charge in [-0.3, -0.25) is 10.1 Å². The minimum absolute atomic E-state index is 0.00209. The molecule has 3 aromatic rings. The number of nitro benzene ring substituents is 1. The number of ether oxygens (including phenoxy) is 2. The molecular weight excluding hydrogens is 474 g/mol. The van der Waals surface area contributed by atoms with Gasteiger partial charge in [0.1, 0.15) is 5.75 Å². The first-order valence-electron chi connectivity index (χ1n) is 14.3. The summed E-state index contributed by atoms with van der Waals surface area (Å²) in [7, 11) is 0. The number of unbranched alkanes of at least 4 members (excludes halogenated alkanes) is 7. The summed E-state index contributed by atoms with van der Waals surface area (Å²) in [5.41, 5.74) is 3.07. The van der Waals surface area contributed by atoms with Crippen LogP contribution >= 0.6 is 0 Å². The lowest BCUT2D eigenvalue weighted by atomic mass is 9.92. The topological polar surface area (TPSA) is 61.6 Å². The smallest absolute Gasteiger partial charge is 0.319 e. The van der Waals surface area contributed by atoms with Gasteiger partial charge in [-0.25, -0.2) is 0 Å². The van der Waals surface area contributed by atoms with Gasteiger partial charge in [0.05, 0.1) is 23.7 Å². The molecular formula is C33H43NO4. The fourth-order valence-electron chi connectivity index (χ4n) is 4.51. The van der Waals surface area contributed by atoms with E-state index in [1.165, 1.54) is 44.9 Å². The molecule has 0 N–H and O–H groups in total. The number of nitrogens with zero attached hydrogens (tertiary/aromatic N) is 1. The van der Waals surface area contributed by atoms with Gasteiger partial charge in [0.2, 0.25) is 0 Å². The SMILES string of the molecule is CCCCCCCCCCOc1ccc(-c2c(-c3ccccc3)ccc(OC[C@@H](C)CC)c2[N+](=O)[O-])cc1. The van der Waals surface area contributed by atoms with Crippen LogP contribution < -0.4 is 9.47 Å². The van der Waals surface area contributed by atoms with Gasteiger partial charge in [-0.15, -0.1) is 0 Å². The van der Waals surface area contributed by atoms with Crippen LogP contribution in [0.2, 0.25) is 0 Å². The van der Waals surface area contributed by atoms with E-state index in [0.717, 1.165) is 35.3 Å². The van der Waals surface area contributed by atoms with E-state index < -0.39 is 0 Å². The number of nitro groups is 1. The first-order chi connectivity index (χ1) is 18.5. The molecule has 0 aliphatic carbocycles. The molecule has 0 unspecified atom stereocenters. The lowest BCUT2D eigenvalue weighted by Gasteiger charge is -2.16. The molecule has 5 heteroatoms. The van der Waals surface area contributed by atoms with Crippen molar-refractivity contribution >= 4 is 5.69 Å². The van der Waals surface area contributed by atoms with E-state index >= 15 is 0 Å². The van der Waals surface area contributed by atoms with Crippen LogP contribution in [0.15, 0.2) is 66.7 Å². The van der Waals surface area contributed by atoms with Crippen LogP contribution in [0.1, 0.15) is 78.6 Å². The Hall–Kier alpha value is -3.34. The molecule has 38 heavy (non-hydrogen) atoms. The van der Waals surface area contributed by atoms with E-state index in [1.807, 2.05) is 60.7 Å². The summed E-state index contributed by atoms with van der Waals surface area (Å²) < 4.78 is 12.0. The molecule has 0 heterocycles. The monoisotopic (exact) mass is 517 g/mol. The lowest BCUT2D eigenvalue weighted by Crippen LogP contribution is -2.09. The van der Waals surface area contributed by atoms with Crippen LogP contribution in [0, 0.1) is 16.0 Å². The summed E-state index contributed by atoms with van der Waals surface area (Å²) in [6.45, 7) is 7.53. The highest BCUT2D eigenvalue weighted by Gasteiger charge is 2.26. The average Bonchev–Trinajstić information content (AvgIpc) is 2.95. The summed E-state index contributed by atoms with van der Waals surface area (Å²) in [5, 5.41) is 12.4. The van der Waals surface area contributed by atoms with Crippen molar-refractivity contribution in [3.05, 3.63) is 76.8 Å². The van der Waals surface area contributed by atoms with Crippen molar-refractivity contribution < 1.29 is 14.4 Å². The predicted molar refractivity (Wildman–Crippen MR) is 157 cm³/mol. The largest absolute Gasteiger partial charge is 0.494 e. The highest BCUT2D eigenvalue weighted by Crippen LogP contribution is 2.45. The van der Waals surface area contributed by atoms with E-state index in [-0.39, 0.29) is 10.6 Å². The third-order valence-electron chi connectivity index (χ3n) is 7.04. The van der Waals surface area contributed by atoms with Crippen molar-refractivity contribution in [3.63, 3.8) is 0 Å². The summed E-state index contributed by atoms with van der Waals surface area (Å²) in [6.07, 6.45) is 11.0. The van der Waals surface area contributed by atoms with E-state index in [9.17, 15) is 10.1 Å². The van der Waals surface area contributed by atoms with E-state index in [2.05, 4.69) is 20.8 Å². The van der Waals surface area contributed by atoms with Crippen molar-refractivity contribution in [2.24, 2.45) is 5.92 Å². The lowest BCUT2D eigenvalue weighted by molar-refractivity contribution is -0.385. The van der Waals surface area contributed by atoms with Gasteiger partial charge in [-0.2, -0.15) is 0 Å². The zero-order valence-corrected chi connectivity index (χ0v) is 23.3. The van der Waals surface area contributed by atoms with E-state index in [1.54, 1.807) is 6.07 Å². The molecule has 0 fully saturated rings. The normalized spacial score (nSPS) is 11.8. The average molecular weight is 518 g/mol. The molecule has 1 atom stereocenters. The molecule has 0 aliphatic rings. The molecule has 0 aromatic heterocycles. The van der Waals surface area contributed by atoms with Crippen LogP contribution in [0.3, 0.4) is 0 Å². The molecule has 0 aliphatic heterocycles. The summed E-state index contributed by atoms with van der Waals surface area (Å²) in [6, 6.07) is 21.1. The van der Waals surface area contributed by atoms with E-state index in [4.69, 9.17) is 9.47 Å². The minimum Gasteiger partial charge on any atom is -0.494 e. The van der Waals surface area contributed by atoms with Crippen LogP contribution in [0.5, 0.6) is 11.5 Å². The Kier molecular flexibility index (Phi) is 12.2. The van der Waals surface area contributed by atoms with Crippen molar-refractivity contribution in [2.45, 2.75) is 78.6 Å². The van der Waals surface area contributed by atoms with Crippen molar-refractivity contribution in [1.82, 2.24) is 0 Å². The third kappa shape index (κ3) is 8.61. The Balaban J connectivity index is 1.78. The van der Waals surface area contributed by atoms with Gasteiger partial charge in [0.25, 0.3) is 0 Å². The third-order valence-corrected chi connectivity index (χ3v) is 7.04. The highest BCUT2D eigenvalue weighted by molar-refractivity contribution is 5.91. The Bertz CT molecular complexity index is 1110. The number of rotatable bonds is 17. The van der Waals surface area contributed by atoms with Crippen LogP contribution in [0.4, 0.5) is 5.69 Å². The Morgan fingerprint density at radius 3 is 2.05 bits per heavy atom. The number of benzene rings is 3. The standard InChI is InChI=1S/C33H43NO4/c1-4-6-7-8-9-10-11-15-24-37-29-20-18-28(19-21-29)32-30(27-16-13-12-14-17-27)22-23-31(33(32)34(35)36)38-25-26(3)5-2/h12-14,16-23,26H,4-11,15,24-25H2,1-3H3/t26-/m0/s1. The highest BCUT2D eigenvalue weighted by atomic mass is 16.6. The van der Waals surface area contributed by atoms with Gasteiger partial charge in [-0.05, 0) is 53.3 Å². The molecule has 0 saturated heterocycles. The Morgan fingerprint density at radius 1 is 0.763 bits per heavy atom. The zero-order valence-electron chi connectivity index (χ0n) is 23.3. The first kappa shape index (κ1) is 29.2. The van der Waals surface area contributed by atoms with Gasteiger partial charge < -0.3 is 9.47 Å². The van der Waals surface area contributed by atoms with Gasteiger partial charge in [0.15, 0.2) is 5.75 Å². The van der Waals surface area contributed by atoms with Crippen LogP contribution in [-0.4, -0.2) is 18.1 Å². The number of hydrogen-bond acceptors (Lipinski definition) is 4. The quantitative estimate of drug-likeness (QED) is 0.102. The van der Waals surface area contributed by atoms with Gasteiger partial charge in [-0.1, -0.05) is 115 Å². The molecule has 0 spiro atoms. The second-order valence-electron chi connectivity index (χ2n) is 10.1. The maximum absolute atomic E-state index is 12.4. The molecule has 0 bridgehead atoms. The second kappa shape index (κ2) is 15.8. The molecule has 0 saturated carbocycles. The predicted octanol–water partition coefficient (Wildman–Crippen LogP) is 9.87. The second-order valence-corrected chi connectivity index (χ2v) is 10.1. The molecule has 3 aromatic carbocycles. The van der Waals surface area contributed by atoms with Crippen molar-refractivity contribution in [2.75, 3.05) is 13.2 Å². The molecule has 3 rings (SSSR count). The minimum atomic E-state index is -0.319. The first-order valence-corrected chi connectivity index (χ1v) is 14.3. The van der Waals surface area contributed by atoms with Crippen LogP contribution in [0.25, 0.3) is 22.3 Å². The van der Waals surface area contributed by atoms with Gasteiger partial charge in [0, 0.05) is 0 Å². The maximum atomic E-state index is 12.4. The fraction of sp³-hybridized carbons (Fsp3) is 0.455. The molecule has 204 valence electrons. The zero-order chi connectivity index (χ0) is 27.2. The van der Waals surface area contributed by atoms with E-state index in [0.29, 0.717) is 30.4 Å². The Labute approximate surface area is 228 Å². The van der Waals surface area contributed by atoms with Crippen molar-refractivity contribution in [3.8, 4) is 33.8 Å². The Morgan fingerprint density at radius 2 is 1.42 bits per heavy atom. The van der Waals surface area contributed by atoms with Crippen LogP contribution in [-0.2, 0) is 0 Å². The summed E-state index contributed by atoms with van der Waals surface area (Å²) >= 11 is 0. The molecule has 0 amide bonds. The van der Waals surface area contributed by atoms with Crippen molar-refractivity contribution in [1.29, 1.82) is 0 Å². The summed E-state index contributed by atoms with van der Waals surface area (Å²) in [4.78, 5) is 12.1.